The maximum Gasteiger partial charge on any atom is 0.343 e. The number of rotatable bonds is 9. The van der Waals surface area contributed by atoms with Crippen LogP contribution < -0.4 is 19.6 Å². The highest BCUT2D eigenvalue weighted by molar-refractivity contribution is 7.89. The van der Waals surface area contributed by atoms with Gasteiger partial charge in [-0.2, -0.15) is 5.10 Å². The van der Waals surface area contributed by atoms with E-state index in [-0.39, 0.29) is 10.6 Å². The number of amides is 1. The third-order valence-electron chi connectivity index (χ3n) is 5.32. The molecule has 10 heteroatoms. The molecule has 0 aromatic heterocycles. The van der Waals surface area contributed by atoms with Crippen LogP contribution in [0.4, 0.5) is 0 Å². The van der Waals surface area contributed by atoms with Crippen LogP contribution in [0.3, 0.4) is 0 Å². The van der Waals surface area contributed by atoms with E-state index in [0.717, 1.165) is 10.8 Å². The maximum atomic E-state index is 12.7. The minimum Gasteiger partial charge on any atom is -0.497 e. The Bertz CT molecular complexity index is 1550. The Balaban J connectivity index is 1.49. The van der Waals surface area contributed by atoms with Gasteiger partial charge in [-0.3, -0.25) is 4.79 Å². The van der Waals surface area contributed by atoms with Gasteiger partial charge < -0.3 is 9.47 Å². The monoisotopic (exact) mass is 517 g/mol. The van der Waals surface area contributed by atoms with Gasteiger partial charge in [-0.15, -0.1) is 0 Å². The van der Waals surface area contributed by atoms with Crippen molar-refractivity contribution in [1.29, 1.82) is 0 Å². The van der Waals surface area contributed by atoms with Crippen LogP contribution in [-0.4, -0.2) is 40.2 Å². The van der Waals surface area contributed by atoms with E-state index in [0.29, 0.717) is 16.9 Å². The van der Waals surface area contributed by atoms with E-state index in [1.54, 1.807) is 54.6 Å². The zero-order valence-corrected chi connectivity index (χ0v) is 20.6. The van der Waals surface area contributed by atoms with Crippen molar-refractivity contribution >= 4 is 38.9 Å². The summed E-state index contributed by atoms with van der Waals surface area (Å²) in [7, 11) is -2.31. The molecule has 0 aliphatic rings. The average Bonchev–Trinajstić information content (AvgIpc) is 2.93. The van der Waals surface area contributed by atoms with E-state index < -0.39 is 28.4 Å². The van der Waals surface area contributed by atoms with E-state index in [2.05, 4.69) is 15.2 Å². The van der Waals surface area contributed by atoms with Crippen LogP contribution in [0.1, 0.15) is 15.9 Å². The first-order valence-corrected chi connectivity index (χ1v) is 12.6. The van der Waals surface area contributed by atoms with Gasteiger partial charge in [0.05, 0.1) is 30.3 Å². The highest BCUT2D eigenvalue weighted by atomic mass is 32.2. The average molecular weight is 518 g/mol. The molecule has 1 amide bonds. The SMILES string of the molecule is COc1ccc(C(=O)Oc2ccc3ccccc3c2/C=N/NC(=O)CNS(=O)(=O)c2ccccc2)cc1. The maximum absolute atomic E-state index is 12.7. The number of sulfonamides is 1. The smallest absolute Gasteiger partial charge is 0.343 e. The van der Waals surface area contributed by atoms with Gasteiger partial charge >= 0.3 is 5.97 Å². The number of hydrazone groups is 1. The summed E-state index contributed by atoms with van der Waals surface area (Å²) in [6.45, 7) is -0.510. The second-order valence-corrected chi connectivity index (χ2v) is 9.51. The molecule has 37 heavy (non-hydrogen) atoms. The largest absolute Gasteiger partial charge is 0.497 e. The Hall–Kier alpha value is -4.54. The van der Waals surface area contributed by atoms with Crippen molar-refractivity contribution in [3.05, 3.63) is 102 Å². The normalized spacial score (nSPS) is 11.4. The second-order valence-electron chi connectivity index (χ2n) is 7.75. The summed E-state index contributed by atoms with van der Waals surface area (Å²) < 4.78 is 37.6. The number of carbonyl (C=O) groups excluding carboxylic acids is 2. The van der Waals surface area contributed by atoms with Gasteiger partial charge in [-0.25, -0.2) is 23.4 Å². The lowest BCUT2D eigenvalue weighted by molar-refractivity contribution is -0.119. The molecule has 0 atom stereocenters. The number of benzene rings is 4. The summed E-state index contributed by atoms with van der Waals surface area (Å²) in [6.07, 6.45) is 1.35. The van der Waals surface area contributed by atoms with Gasteiger partial charge in [-0.05, 0) is 53.2 Å². The lowest BCUT2D eigenvalue weighted by atomic mass is 10.0. The Kier molecular flexibility index (Phi) is 7.92. The molecule has 4 aromatic rings. The first-order chi connectivity index (χ1) is 17.9. The molecule has 0 bridgehead atoms. The molecule has 0 unspecified atom stereocenters. The van der Waals surface area contributed by atoms with E-state index in [1.807, 2.05) is 24.3 Å². The molecule has 4 aromatic carbocycles. The van der Waals surface area contributed by atoms with Gasteiger partial charge in [0.1, 0.15) is 11.5 Å². The van der Waals surface area contributed by atoms with E-state index in [9.17, 15) is 18.0 Å². The first kappa shape index (κ1) is 25.5. The molecule has 0 fully saturated rings. The molecule has 0 spiro atoms. The lowest BCUT2D eigenvalue weighted by Crippen LogP contribution is -2.34. The fraction of sp³-hybridized carbons (Fsp3) is 0.0741. The number of ether oxygens (including phenoxy) is 2. The number of carbonyl (C=O) groups is 2. The highest BCUT2D eigenvalue weighted by Crippen LogP contribution is 2.27. The molecule has 0 aliphatic heterocycles. The second kappa shape index (κ2) is 11.5. The van der Waals surface area contributed by atoms with Gasteiger partial charge in [0.2, 0.25) is 10.0 Å². The zero-order chi connectivity index (χ0) is 26.3. The Morgan fingerprint density at radius 3 is 2.32 bits per heavy atom. The van der Waals surface area contributed by atoms with Crippen LogP contribution in [0.2, 0.25) is 0 Å². The van der Waals surface area contributed by atoms with Crippen molar-refractivity contribution in [3.63, 3.8) is 0 Å². The minimum absolute atomic E-state index is 0.0466. The molecular formula is C27H23N3O6S. The minimum atomic E-state index is -3.84. The predicted molar refractivity (Wildman–Crippen MR) is 139 cm³/mol. The van der Waals surface area contributed by atoms with Crippen molar-refractivity contribution in [1.82, 2.24) is 10.1 Å². The fourth-order valence-electron chi connectivity index (χ4n) is 3.44. The summed E-state index contributed by atoms with van der Waals surface area (Å²) in [5.74, 6) is -0.404. The number of hydrogen-bond acceptors (Lipinski definition) is 7. The van der Waals surface area contributed by atoms with Crippen molar-refractivity contribution in [2.75, 3.05) is 13.7 Å². The number of fused-ring (bicyclic) bond motifs is 1. The third-order valence-corrected chi connectivity index (χ3v) is 6.74. The number of hydrogen-bond donors (Lipinski definition) is 2. The van der Waals surface area contributed by atoms with E-state index in [4.69, 9.17) is 9.47 Å². The number of esters is 1. The quantitative estimate of drug-likeness (QED) is 0.152. The molecule has 0 aliphatic carbocycles. The van der Waals surface area contributed by atoms with Crippen molar-refractivity contribution in [2.24, 2.45) is 5.10 Å². The summed E-state index contributed by atoms with van der Waals surface area (Å²) in [6, 6.07) is 25.1. The summed E-state index contributed by atoms with van der Waals surface area (Å²) in [5.41, 5.74) is 3.09. The molecule has 0 saturated heterocycles. The summed E-state index contributed by atoms with van der Waals surface area (Å²) >= 11 is 0. The van der Waals surface area contributed by atoms with E-state index in [1.165, 1.54) is 25.5 Å². The molecule has 2 N–H and O–H groups in total. The Morgan fingerprint density at radius 2 is 1.59 bits per heavy atom. The summed E-state index contributed by atoms with van der Waals surface area (Å²) in [4.78, 5) is 25.0. The van der Waals surface area contributed by atoms with Crippen LogP contribution in [0.5, 0.6) is 11.5 Å². The molecule has 4 rings (SSSR count). The van der Waals surface area contributed by atoms with Gasteiger partial charge in [0.25, 0.3) is 5.91 Å². The topological polar surface area (TPSA) is 123 Å². The molecule has 0 saturated carbocycles. The van der Waals surface area contributed by atoms with Gasteiger partial charge in [0.15, 0.2) is 0 Å². The number of methoxy groups -OCH3 is 1. The van der Waals surface area contributed by atoms with E-state index >= 15 is 0 Å². The predicted octanol–water partition coefficient (Wildman–Crippen LogP) is 3.50. The molecule has 188 valence electrons. The number of nitrogens with one attached hydrogen (secondary N) is 2. The zero-order valence-electron chi connectivity index (χ0n) is 19.7. The van der Waals surface area contributed by atoms with Crippen LogP contribution in [0.25, 0.3) is 10.8 Å². The lowest BCUT2D eigenvalue weighted by Gasteiger charge is -2.11. The van der Waals surface area contributed by atoms with Crippen LogP contribution >= 0.6 is 0 Å². The molecule has 9 nitrogen and oxygen atoms in total. The van der Waals surface area contributed by atoms with Gasteiger partial charge in [0, 0.05) is 5.56 Å². The molecular weight excluding hydrogens is 494 g/mol. The third kappa shape index (κ3) is 6.37. The standard InChI is InChI=1S/C27H23N3O6S/c1-35-21-14-11-20(12-15-21)27(32)36-25-16-13-19-7-5-6-10-23(19)24(25)17-28-30-26(31)18-29-37(33,34)22-8-3-2-4-9-22/h2-17,29H,18H2,1H3,(H,30,31)/b28-17+. The van der Waals surface area contributed by atoms with Crippen LogP contribution in [0.15, 0.2) is 101 Å². The van der Waals surface area contributed by atoms with Crippen LogP contribution in [0, 0.1) is 0 Å². The Morgan fingerprint density at radius 1 is 0.892 bits per heavy atom. The Labute approximate surface area is 213 Å². The molecule has 0 heterocycles. The highest BCUT2D eigenvalue weighted by Gasteiger charge is 2.16. The molecule has 0 radical (unpaired) electrons. The van der Waals surface area contributed by atoms with Crippen molar-refractivity contribution in [2.45, 2.75) is 4.90 Å². The summed E-state index contributed by atoms with van der Waals surface area (Å²) in [5, 5.41) is 5.57. The number of nitrogens with zero attached hydrogens (tertiary/aromatic N) is 1. The fourth-order valence-corrected chi connectivity index (χ4v) is 4.44. The van der Waals surface area contributed by atoms with Crippen LogP contribution in [-0.2, 0) is 14.8 Å². The first-order valence-electron chi connectivity index (χ1n) is 11.1. The van der Waals surface area contributed by atoms with Gasteiger partial charge in [-0.1, -0.05) is 48.5 Å². The van der Waals surface area contributed by atoms with Crippen molar-refractivity contribution in [3.8, 4) is 11.5 Å². The van der Waals surface area contributed by atoms with Crippen molar-refractivity contribution < 1.29 is 27.5 Å².